The first kappa shape index (κ1) is 35.4. The lowest BCUT2D eigenvalue weighted by atomic mass is 9.44. The van der Waals surface area contributed by atoms with E-state index in [0.29, 0.717) is 6.61 Å². The first-order valence-corrected chi connectivity index (χ1v) is 22.2. The summed E-state index contributed by atoms with van der Waals surface area (Å²) in [5.74, 6) is 0.955. The van der Waals surface area contributed by atoms with Crippen molar-refractivity contribution >= 4 is 94.8 Å². The molecule has 11 aromatic rings. The number of hydrogen-bond acceptors (Lipinski definition) is 4. The maximum Gasteiger partial charge on any atom is 0.333 e. The van der Waals surface area contributed by atoms with E-state index in [2.05, 4.69) is 190 Å². The Morgan fingerprint density at radius 3 is 2.03 bits per heavy atom. The fraction of sp³-hybridized carbons (Fsp3) is 0.158. The van der Waals surface area contributed by atoms with Crippen molar-refractivity contribution in [3.05, 3.63) is 156 Å². The average Bonchev–Trinajstić information content (AvgIpc) is 3.95. The van der Waals surface area contributed by atoms with Crippen molar-refractivity contribution in [1.29, 1.82) is 0 Å². The van der Waals surface area contributed by atoms with E-state index in [4.69, 9.17) is 13.6 Å². The summed E-state index contributed by atoms with van der Waals surface area (Å²) in [5.41, 5.74) is 20.4. The van der Waals surface area contributed by atoms with Gasteiger partial charge in [-0.05, 0) is 104 Å². The number of furan rings is 2. The SMILES string of the molecule is CC(C)(C)c1ccc(N2B3c4cc5oc6ccccc6c5cc4-n4c5ccc6c(c5c5ccc(c3c54)-c3cc4c(cc32)oc2cc(C(C)(C)C)ccc24)OCc2ccccc2-6)cc1. The van der Waals surface area contributed by atoms with E-state index in [1.807, 2.05) is 0 Å². The molecule has 5 nitrogen and oxygen atoms in total. The summed E-state index contributed by atoms with van der Waals surface area (Å²) in [7, 11) is 0. The molecule has 3 aromatic heterocycles. The largest absolute Gasteiger partial charge is 0.487 e. The van der Waals surface area contributed by atoms with Crippen molar-refractivity contribution in [2.45, 2.75) is 59.0 Å². The van der Waals surface area contributed by atoms with Crippen LogP contribution in [0, 0.1) is 0 Å². The van der Waals surface area contributed by atoms with E-state index in [0.717, 1.165) is 83.2 Å². The van der Waals surface area contributed by atoms with Gasteiger partial charge in [0.25, 0.3) is 0 Å². The number of rotatable bonds is 1. The van der Waals surface area contributed by atoms with E-state index in [-0.39, 0.29) is 17.7 Å². The lowest BCUT2D eigenvalue weighted by molar-refractivity contribution is 0.306. The molecule has 0 amide bonds. The maximum atomic E-state index is 6.86. The van der Waals surface area contributed by atoms with Gasteiger partial charge >= 0.3 is 6.85 Å². The van der Waals surface area contributed by atoms with Crippen LogP contribution in [-0.4, -0.2) is 11.4 Å². The van der Waals surface area contributed by atoms with Crippen molar-refractivity contribution in [3.63, 3.8) is 0 Å². The number of fused-ring (bicyclic) bond motifs is 18. The van der Waals surface area contributed by atoms with E-state index < -0.39 is 0 Å². The van der Waals surface area contributed by atoms with Gasteiger partial charge in [0.05, 0.1) is 16.4 Å². The summed E-state index contributed by atoms with van der Waals surface area (Å²) in [6, 6.07) is 51.8. The van der Waals surface area contributed by atoms with Crippen molar-refractivity contribution < 1.29 is 13.6 Å². The minimum atomic E-state index is -0.187. The highest BCUT2D eigenvalue weighted by molar-refractivity contribution is 6.94. The predicted molar refractivity (Wildman–Crippen MR) is 262 cm³/mol. The van der Waals surface area contributed by atoms with Gasteiger partial charge in [-0.15, -0.1) is 0 Å². The van der Waals surface area contributed by atoms with Gasteiger partial charge in [0.1, 0.15) is 34.7 Å². The number of aromatic nitrogens is 1. The molecule has 0 unspecified atom stereocenters. The first-order chi connectivity index (χ1) is 30.5. The second kappa shape index (κ2) is 11.8. The summed E-state index contributed by atoms with van der Waals surface area (Å²) >= 11 is 0. The average molecular weight is 815 g/mol. The molecule has 0 bridgehead atoms. The predicted octanol–water partition coefficient (Wildman–Crippen LogP) is 14.0. The number of benzene rings is 8. The molecule has 0 saturated heterocycles. The number of ether oxygens (including phenoxy) is 1. The van der Waals surface area contributed by atoms with Crippen LogP contribution in [0.25, 0.3) is 93.6 Å². The first-order valence-electron chi connectivity index (χ1n) is 22.2. The van der Waals surface area contributed by atoms with Gasteiger partial charge in [0.15, 0.2) is 0 Å². The standard InChI is InChI=1S/C57H43BN2O3/c1-56(2,3)32-15-18-34(19-16-32)60-46-29-51-42(37-20-17-33(57(4,5)6)25-49(37)63-51)26-41(46)38-21-22-40-52-45(24-23-39-35-12-8-7-11-31(35)30-61-55(39)52)59-47-27-43-36-13-9-10-14-48(36)62-50(43)28-44(47)58(60)53(38)54(40)59/h7-29H,30H2,1-6H3. The molecule has 14 rings (SSSR count). The summed E-state index contributed by atoms with van der Waals surface area (Å²) in [5, 5.41) is 6.84. The monoisotopic (exact) mass is 814 g/mol. The van der Waals surface area contributed by atoms with Crippen LogP contribution in [-0.2, 0) is 17.4 Å². The van der Waals surface area contributed by atoms with E-state index in [1.165, 1.54) is 55.2 Å². The van der Waals surface area contributed by atoms with Crippen LogP contribution in [0.5, 0.6) is 5.75 Å². The van der Waals surface area contributed by atoms with Crippen molar-refractivity contribution in [2.75, 3.05) is 4.81 Å². The number of hydrogen-bond donors (Lipinski definition) is 0. The highest BCUT2D eigenvalue weighted by atomic mass is 16.5. The van der Waals surface area contributed by atoms with Crippen LogP contribution in [0.4, 0.5) is 11.4 Å². The smallest absolute Gasteiger partial charge is 0.333 e. The molecular weight excluding hydrogens is 771 g/mol. The molecule has 0 atom stereocenters. The Balaban J connectivity index is 1.14. The second-order valence-corrected chi connectivity index (χ2v) is 20.0. The molecule has 3 aliphatic heterocycles. The Kier molecular flexibility index (Phi) is 6.66. The zero-order valence-electron chi connectivity index (χ0n) is 36.2. The zero-order chi connectivity index (χ0) is 42.3. The zero-order valence-corrected chi connectivity index (χ0v) is 36.2. The van der Waals surface area contributed by atoms with Crippen molar-refractivity contribution in [1.82, 2.24) is 4.57 Å². The topological polar surface area (TPSA) is 43.7 Å². The molecule has 8 aromatic carbocycles. The molecule has 302 valence electrons. The van der Waals surface area contributed by atoms with Gasteiger partial charge in [0.2, 0.25) is 0 Å². The summed E-state index contributed by atoms with van der Waals surface area (Å²) in [4.78, 5) is 2.58. The minimum absolute atomic E-state index is 0.0000148. The third-order valence-electron chi connectivity index (χ3n) is 14.4. The summed E-state index contributed by atoms with van der Waals surface area (Å²) in [6.45, 7) is 14.0. The highest BCUT2D eigenvalue weighted by Gasteiger charge is 2.45. The van der Waals surface area contributed by atoms with Crippen molar-refractivity contribution in [2.24, 2.45) is 0 Å². The lowest BCUT2D eigenvalue weighted by Crippen LogP contribution is -2.60. The Morgan fingerprint density at radius 1 is 0.508 bits per heavy atom. The quantitative estimate of drug-likeness (QED) is 0.155. The Labute approximate surface area is 365 Å². The minimum Gasteiger partial charge on any atom is -0.487 e. The normalized spacial score (nSPS) is 14.2. The Hall–Kier alpha value is -7.18. The van der Waals surface area contributed by atoms with Crippen LogP contribution >= 0.6 is 0 Å². The molecule has 6 heterocycles. The van der Waals surface area contributed by atoms with Crippen LogP contribution in [0.1, 0.15) is 58.2 Å². The molecule has 63 heavy (non-hydrogen) atoms. The molecular formula is C57H43BN2O3. The van der Waals surface area contributed by atoms with Gasteiger partial charge in [-0.3, -0.25) is 0 Å². The van der Waals surface area contributed by atoms with Crippen LogP contribution in [0.2, 0.25) is 0 Å². The van der Waals surface area contributed by atoms with E-state index in [9.17, 15) is 0 Å². The summed E-state index contributed by atoms with van der Waals surface area (Å²) < 4.78 is 23.0. The fourth-order valence-corrected chi connectivity index (χ4v) is 11.2. The molecule has 3 aliphatic rings. The number of anilines is 2. The van der Waals surface area contributed by atoms with E-state index in [1.54, 1.807) is 0 Å². The summed E-state index contributed by atoms with van der Waals surface area (Å²) in [6.07, 6.45) is 0. The lowest BCUT2D eigenvalue weighted by Gasteiger charge is -2.42. The highest BCUT2D eigenvalue weighted by Crippen LogP contribution is 2.51. The third-order valence-corrected chi connectivity index (χ3v) is 14.4. The van der Waals surface area contributed by atoms with Gasteiger partial charge in [-0.2, -0.15) is 0 Å². The molecule has 0 aliphatic carbocycles. The second-order valence-electron chi connectivity index (χ2n) is 20.0. The van der Waals surface area contributed by atoms with Gasteiger partial charge in [-0.25, -0.2) is 0 Å². The van der Waals surface area contributed by atoms with Crippen LogP contribution in [0.15, 0.2) is 148 Å². The molecule has 0 radical (unpaired) electrons. The Morgan fingerprint density at radius 2 is 1.19 bits per heavy atom. The van der Waals surface area contributed by atoms with Gasteiger partial charge in [0, 0.05) is 61.2 Å². The molecule has 6 heteroatoms. The van der Waals surface area contributed by atoms with Gasteiger partial charge in [-0.1, -0.05) is 120 Å². The Bertz CT molecular complexity index is 3830. The number of para-hydroxylation sites is 1. The molecule has 0 saturated carbocycles. The van der Waals surface area contributed by atoms with E-state index >= 15 is 0 Å². The molecule has 0 spiro atoms. The third kappa shape index (κ3) is 4.68. The fourth-order valence-electron chi connectivity index (χ4n) is 11.2. The maximum absolute atomic E-state index is 6.86. The number of nitrogens with zero attached hydrogens (tertiary/aromatic N) is 2. The van der Waals surface area contributed by atoms with Crippen LogP contribution in [0.3, 0.4) is 0 Å². The molecule has 0 fully saturated rings. The van der Waals surface area contributed by atoms with Crippen LogP contribution < -0.4 is 20.5 Å². The van der Waals surface area contributed by atoms with Gasteiger partial charge < -0.3 is 22.9 Å². The molecule has 0 N–H and O–H groups in total. The van der Waals surface area contributed by atoms with Crippen molar-refractivity contribution in [3.8, 4) is 33.7 Å².